The van der Waals surface area contributed by atoms with Gasteiger partial charge in [-0.25, -0.2) is 0 Å². The number of hydrogen-bond donors (Lipinski definition) is 0. The molecule has 0 amide bonds. The number of aryl methyl sites for hydroxylation is 1. The molecule has 4 aromatic heterocycles. The highest BCUT2D eigenvalue weighted by Gasteiger charge is 2.15. The Morgan fingerprint density at radius 1 is 1.11 bits per heavy atom. The summed E-state index contributed by atoms with van der Waals surface area (Å²) in [6.45, 7) is 0. The van der Waals surface area contributed by atoms with Gasteiger partial charge in [0.05, 0.1) is 17.4 Å². The second kappa shape index (κ2) is 6.50. The van der Waals surface area contributed by atoms with Crippen LogP contribution in [0, 0.1) is 4.91 Å². The van der Waals surface area contributed by atoms with Crippen LogP contribution in [0.3, 0.4) is 0 Å². The van der Waals surface area contributed by atoms with Gasteiger partial charge in [-0.05, 0) is 53.3 Å². The average molecular weight is 388 g/mol. The van der Waals surface area contributed by atoms with Crippen molar-refractivity contribution in [3.8, 4) is 11.3 Å². The first kappa shape index (κ1) is 16.5. The standard InChI is InChI=1S/C18H12N8OS/c1-25-10-11(9-20-25)13-5-7-16-21-22-18(26(16)23-13)28-15-6-4-14-12(17(15)24-27)3-2-8-19-14/h2-10H,1H3. The topological polar surface area (TPSA) is 103 Å². The van der Waals surface area contributed by atoms with E-state index < -0.39 is 0 Å². The van der Waals surface area contributed by atoms with Crippen molar-refractivity contribution in [1.29, 1.82) is 0 Å². The van der Waals surface area contributed by atoms with E-state index in [9.17, 15) is 4.91 Å². The maximum atomic E-state index is 11.5. The van der Waals surface area contributed by atoms with E-state index in [1.54, 1.807) is 27.7 Å². The van der Waals surface area contributed by atoms with Crippen molar-refractivity contribution in [1.82, 2.24) is 34.6 Å². The van der Waals surface area contributed by atoms with Gasteiger partial charge in [0.1, 0.15) is 5.69 Å². The van der Waals surface area contributed by atoms with E-state index in [1.807, 2.05) is 43.6 Å². The van der Waals surface area contributed by atoms with E-state index >= 15 is 0 Å². The van der Waals surface area contributed by atoms with Crippen LogP contribution in [0.15, 0.2) is 70.2 Å². The Morgan fingerprint density at radius 2 is 2.04 bits per heavy atom. The molecule has 5 rings (SSSR count). The molecule has 28 heavy (non-hydrogen) atoms. The van der Waals surface area contributed by atoms with Crippen LogP contribution in [0.2, 0.25) is 0 Å². The molecule has 0 aliphatic rings. The van der Waals surface area contributed by atoms with Crippen molar-refractivity contribution in [3.63, 3.8) is 0 Å². The second-order valence-corrected chi connectivity index (χ2v) is 7.06. The molecular weight excluding hydrogens is 376 g/mol. The van der Waals surface area contributed by atoms with Crippen LogP contribution >= 0.6 is 11.8 Å². The Bertz CT molecular complexity index is 1340. The summed E-state index contributed by atoms with van der Waals surface area (Å²) in [5, 5.41) is 21.6. The molecule has 0 saturated heterocycles. The minimum Gasteiger partial charge on any atom is -0.275 e. The van der Waals surface area contributed by atoms with Gasteiger partial charge in [-0.1, -0.05) is 0 Å². The third-order valence-electron chi connectivity index (χ3n) is 4.25. The van der Waals surface area contributed by atoms with Gasteiger partial charge in [0, 0.05) is 35.3 Å². The first-order valence-electron chi connectivity index (χ1n) is 8.33. The summed E-state index contributed by atoms with van der Waals surface area (Å²) in [5.41, 5.74) is 3.29. The molecule has 0 bridgehead atoms. The van der Waals surface area contributed by atoms with Crippen LogP contribution in [0.25, 0.3) is 27.8 Å². The summed E-state index contributed by atoms with van der Waals surface area (Å²) in [7, 11) is 1.85. The zero-order valence-corrected chi connectivity index (χ0v) is 15.4. The maximum absolute atomic E-state index is 11.5. The summed E-state index contributed by atoms with van der Waals surface area (Å²) < 4.78 is 3.36. The summed E-state index contributed by atoms with van der Waals surface area (Å²) in [4.78, 5) is 16.4. The molecule has 0 atom stereocenters. The van der Waals surface area contributed by atoms with Gasteiger partial charge < -0.3 is 0 Å². The molecule has 4 heterocycles. The Balaban J connectivity index is 1.60. The van der Waals surface area contributed by atoms with Gasteiger partial charge >= 0.3 is 0 Å². The minimum atomic E-state index is 0.329. The highest BCUT2D eigenvalue weighted by atomic mass is 32.2. The van der Waals surface area contributed by atoms with Crippen molar-refractivity contribution in [3.05, 3.63) is 59.9 Å². The molecule has 9 nitrogen and oxygen atoms in total. The van der Waals surface area contributed by atoms with Crippen molar-refractivity contribution in [2.75, 3.05) is 0 Å². The molecule has 1 aromatic carbocycles. The fraction of sp³-hybridized carbons (Fsp3) is 0.0556. The van der Waals surface area contributed by atoms with Gasteiger partial charge in [0.15, 0.2) is 5.65 Å². The van der Waals surface area contributed by atoms with Crippen LogP contribution in [0.1, 0.15) is 0 Å². The lowest BCUT2D eigenvalue weighted by Gasteiger charge is -2.05. The van der Waals surface area contributed by atoms with E-state index in [1.165, 1.54) is 11.8 Å². The molecule has 0 fully saturated rings. The Hall–Kier alpha value is -3.66. The molecule has 0 unspecified atom stereocenters. The quantitative estimate of drug-likeness (QED) is 0.433. The minimum absolute atomic E-state index is 0.329. The molecule has 0 spiro atoms. The lowest BCUT2D eigenvalue weighted by atomic mass is 10.2. The number of aromatic nitrogens is 7. The molecule has 0 saturated carbocycles. The van der Waals surface area contributed by atoms with Crippen molar-refractivity contribution in [2.24, 2.45) is 12.2 Å². The maximum Gasteiger partial charge on any atom is 0.217 e. The van der Waals surface area contributed by atoms with Crippen LogP contribution in [-0.2, 0) is 7.05 Å². The zero-order valence-electron chi connectivity index (χ0n) is 14.6. The molecule has 10 heteroatoms. The number of rotatable bonds is 4. The third-order valence-corrected chi connectivity index (χ3v) is 5.23. The number of hydrogen-bond acceptors (Lipinski definition) is 8. The van der Waals surface area contributed by atoms with Gasteiger partial charge in [0.2, 0.25) is 5.16 Å². The smallest absolute Gasteiger partial charge is 0.217 e. The lowest BCUT2D eigenvalue weighted by Crippen LogP contribution is -1.96. The number of fused-ring (bicyclic) bond motifs is 2. The predicted octanol–water partition coefficient (Wildman–Crippen LogP) is 3.62. The van der Waals surface area contributed by atoms with E-state index in [2.05, 4.69) is 30.6 Å². The Labute approximate surface area is 162 Å². The van der Waals surface area contributed by atoms with E-state index in [-0.39, 0.29) is 0 Å². The second-order valence-electron chi connectivity index (χ2n) is 6.05. The lowest BCUT2D eigenvalue weighted by molar-refractivity contribution is 0.767. The Morgan fingerprint density at radius 3 is 2.86 bits per heavy atom. The molecule has 0 aliphatic carbocycles. The van der Waals surface area contributed by atoms with Gasteiger partial charge in [-0.2, -0.15) is 14.7 Å². The normalized spacial score (nSPS) is 11.3. The summed E-state index contributed by atoms with van der Waals surface area (Å²) in [5.74, 6) is 0. The fourth-order valence-electron chi connectivity index (χ4n) is 2.93. The average Bonchev–Trinajstić information content (AvgIpc) is 3.34. The van der Waals surface area contributed by atoms with Crippen molar-refractivity contribution >= 4 is 34.0 Å². The van der Waals surface area contributed by atoms with Gasteiger partial charge in [-0.15, -0.1) is 15.1 Å². The number of nitrogens with zero attached hydrogens (tertiary/aromatic N) is 8. The molecule has 5 aromatic rings. The first-order chi connectivity index (χ1) is 13.7. The third kappa shape index (κ3) is 2.70. The zero-order chi connectivity index (χ0) is 19.1. The highest BCUT2D eigenvalue weighted by molar-refractivity contribution is 7.99. The van der Waals surface area contributed by atoms with Gasteiger partial charge in [0.25, 0.3) is 0 Å². The molecule has 0 radical (unpaired) electrons. The van der Waals surface area contributed by atoms with Crippen molar-refractivity contribution < 1.29 is 0 Å². The largest absolute Gasteiger partial charge is 0.275 e. The monoisotopic (exact) mass is 388 g/mol. The number of benzene rings is 1. The fourth-order valence-corrected chi connectivity index (χ4v) is 3.81. The molecule has 136 valence electrons. The van der Waals surface area contributed by atoms with Crippen LogP contribution < -0.4 is 0 Å². The van der Waals surface area contributed by atoms with Crippen molar-refractivity contribution in [2.45, 2.75) is 10.1 Å². The predicted molar refractivity (Wildman–Crippen MR) is 104 cm³/mol. The number of nitroso groups, excluding NO2 is 1. The summed E-state index contributed by atoms with van der Waals surface area (Å²) in [6, 6.07) is 11.0. The number of pyridine rings is 1. The van der Waals surface area contributed by atoms with E-state index in [0.29, 0.717) is 32.3 Å². The molecular formula is C18H12N8OS. The summed E-state index contributed by atoms with van der Waals surface area (Å²) in [6.07, 6.45) is 5.31. The van der Waals surface area contributed by atoms with Crippen LogP contribution in [0.5, 0.6) is 0 Å². The van der Waals surface area contributed by atoms with Crippen LogP contribution in [0.4, 0.5) is 5.69 Å². The summed E-state index contributed by atoms with van der Waals surface area (Å²) >= 11 is 1.28. The highest BCUT2D eigenvalue weighted by Crippen LogP contribution is 2.38. The SMILES string of the molecule is Cn1cc(-c2ccc3nnc(Sc4ccc5ncccc5c4N=O)n3n2)cn1. The molecule has 0 aliphatic heterocycles. The first-order valence-corrected chi connectivity index (χ1v) is 9.15. The van der Waals surface area contributed by atoms with Crippen LogP contribution in [-0.4, -0.2) is 34.6 Å². The van der Waals surface area contributed by atoms with E-state index in [4.69, 9.17) is 0 Å². The van der Waals surface area contributed by atoms with E-state index in [0.717, 1.165) is 11.3 Å². The molecule has 0 N–H and O–H groups in total. The van der Waals surface area contributed by atoms with Gasteiger partial charge in [-0.3, -0.25) is 9.67 Å². The Kier molecular flexibility index (Phi) is 3.83.